The van der Waals surface area contributed by atoms with Crippen LogP contribution in [0, 0.1) is 0 Å². The highest BCUT2D eigenvalue weighted by atomic mass is 32.2. The molecule has 3 aromatic rings. The standard InChI is InChI=1S/C26H28F3N3O2S/c1-25(21-9-4-2-5-10-21,20-30-35(33,34)24-13-6-3-7-14-24)32-17-15-31(16-18-32)23-12-8-11-22(19-23)26(27,28)29/h2-14,19,30H,15-18,20H2,1H3. The molecule has 4 rings (SSSR count). The summed E-state index contributed by atoms with van der Waals surface area (Å²) in [5.74, 6) is 0. The van der Waals surface area contributed by atoms with Gasteiger partial charge in [0.25, 0.3) is 0 Å². The Hall–Kier alpha value is -2.88. The third-order valence-corrected chi connectivity index (χ3v) is 7.99. The van der Waals surface area contributed by atoms with Crippen LogP contribution in [0.15, 0.2) is 89.8 Å². The van der Waals surface area contributed by atoms with Crippen molar-refractivity contribution in [3.05, 3.63) is 96.1 Å². The van der Waals surface area contributed by atoms with Gasteiger partial charge in [0.05, 0.1) is 16.0 Å². The third kappa shape index (κ3) is 5.69. The molecule has 0 aliphatic carbocycles. The van der Waals surface area contributed by atoms with E-state index in [9.17, 15) is 21.6 Å². The first-order chi connectivity index (χ1) is 16.6. The van der Waals surface area contributed by atoms with Gasteiger partial charge in [-0.3, -0.25) is 4.90 Å². The van der Waals surface area contributed by atoms with Crippen molar-refractivity contribution >= 4 is 15.7 Å². The van der Waals surface area contributed by atoms with Crippen molar-refractivity contribution in [2.45, 2.75) is 23.5 Å². The number of sulfonamides is 1. The quantitative estimate of drug-likeness (QED) is 0.507. The normalized spacial score (nSPS) is 17.2. The fourth-order valence-electron chi connectivity index (χ4n) is 4.45. The van der Waals surface area contributed by atoms with E-state index in [-0.39, 0.29) is 11.4 Å². The Bertz CT molecular complexity index is 1230. The lowest BCUT2D eigenvalue weighted by molar-refractivity contribution is -0.137. The van der Waals surface area contributed by atoms with Crippen LogP contribution in [-0.2, 0) is 21.7 Å². The van der Waals surface area contributed by atoms with Gasteiger partial charge in [-0.25, -0.2) is 13.1 Å². The molecular weight excluding hydrogens is 475 g/mol. The van der Waals surface area contributed by atoms with Crippen LogP contribution in [0.3, 0.4) is 0 Å². The van der Waals surface area contributed by atoms with Crippen molar-refractivity contribution in [2.24, 2.45) is 0 Å². The van der Waals surface area contributed by atoms with E-state index < -0.39 is 27.3 Å². The molecule has 1 fully saturated rings. The number of rotatable bonds is 7. The van der Waals surface area contributed by atoms with Crippen LogP contribution in [0.5, 0.6) is 0 Å². The van der Waals surface area contributed by atoms with E-state index >= 15 is 0 Å². The zero-order chi connectivity index (χ0) is 25.1. The molecule has 3 aromatic carbocycles. The first-order valence-corrected chi connectivity index (χ1v) is 12.9. The minimum Gasteiger partial charge on any atom is -0.369 e. The molecule has 0 aromatic heterocycles. The van der Waals surface area contributed by atoms with Gasteiger partial charge < -0.3 is 4.90 Å². The molecule has 35 heavy (non-hydrogen) atoms. The molecule has 0 saturated carbocycles. The van der Waals surface area contributed by atoms with Gasteiger partial charge >= 0.3 is 6.18 Å². The molecule has 1 N–H and O–H groups in total. The second-order valence-electron chi connectivity index (χ2n) is 8.80. The Kier molecular flexibility index (Phi) is 7.21. The van der Waals surface area contributed by atoms with Crippen LogP contribution in [0.4, 0.5) is 18.9 Å². The molecule has 1 unspecified atom stereocenters. The van der Waals surface area contributed by atoms with Crippen LogP contribution < -0.4 is 9.62 Å². The SMILES string of the molecule is CC(CNS(=O)(=O)c1ccccc1)(c1ccccc1)N1CCN(c2cccc(C(F)(F)F)c2)CC1. The second-order valence-corrected chi connectivity index (χ2v) is 10.6. The van der Waals surface area contributed by atoms with E-state index in [0.29, 0.717) is 31.9 Å². The summed E-state index contributed by atoms with van der Waals surface area (Å²) < 4.78 is 68.1. The summed E-state index contributed by atoms with van der Waals surface area (Å²) in [6.45, 7) is 4.32. The summed E-state index contributed by atoms with van der Waals surface area (Å²) in [6, 6.07) is 23.3. The van der Waals surface area contributed by atoms with Crippen LogP contribution >= 0.6 is 0 Å². The Balaban J connectivity index is 1.53. The predicted octanol–water partition coefficient (Wildman–Crippen LogP) is 4.72. The number of hydrogen-bond donors (Lipinski definition) is 1. The van der Waals surface area contributed by atoms with E-state index in [1.807, 2.05) is 42.2 Å². The predicted molar refractivity (Wildman–Crippen MR) is 131 cm³/mol. The first-order valence-electron chi connectivity index (χ1n) is 11.4. The Morgan fingerprint density at radius 3 is 1.97 bits per heavy atom. The maximum atomic E-state index is 13.2. The van der Waals surface area contributed by atoms with Crippen molar-refractivity contribution in [1.82, 2.24) is 9.62 Å². The first kappa shape index (κ1) is 25.2. The van der Waals surface area contributed by atoms with E-state index in [2.05, 4.69) is 9.62 Å². The van der Waals surface area contributed by atoms with Crippen LogP contribution in [0.25, 0.3) is 0 Å². The third-order valence-electron chi connectivity index (χ3n) is 6.57. The molecule has 1 atom stereocenters. The van der Waals surface area contributed by atoms with Crippen molar-refractivity contribution in [3.8, 4) is 0 Å². The average molecular weight is 504 g/mol. The van der Waals surface area contributed by atoms with Crippen LogP contribution in [0.1, 0.15) is 18.1 Å². The summed E-state index contributed by atoms with van der Waals surface area (Å²) in [4.78, 5) is 4.33. The van der Waals surface area contributed by atoms with E-state index in [0.717, 1.165) is 11.6 Å². The zero-order valence-corrected chi connectivity index (χ0v) is 20.2. The summed E-state index contributed by atoms with van der Waals surface area (Å²) in [6.07, 6.45) is -4.39. The van der Waals surface area contributed by atoms with Gasteiger partial charge in [-0.15, -0.1) is 0 Å². The lowest BCUT2D eigenvalue weighted by Crippen LogP contribution is -2.58. The number of alkyl halides is 3. The Morgan fingerprint density at radius 2 is 1.37 bits per heavy atom. The minimum absolute atomic E-state index is 0.151. The van der Waals surface area contributed by atoms with E-state index in [4.69, 9.17) is 0 Å². The molecule has 0 bridgehead atoms. The fourth-order valence-corrected chi connectivity index (χ4v) is 5.60. The molecule has 9 heteroatoms. The van der Waals surface area contributed by atoms with Crippen LogP contribution in [0.2, 0.25) is 0 Å². The molecule has 1 aliphatic rings. The summed E-state index contributed by atoms with van der Waals surface area (Å²) in [5.41, 5.74) is 0.180. The fraction of sp³-hybridized carbons (Fsp3) is 0.308. The zero-order valence-electron chi connectivity index (χ0n) is 19.4. The van der Waals surface area contributed by atoms with Gasteiger partial charge in [0.1, 0.15) is 0 Å². The maximum absolute atomic E-state index is 13.2. The highest BCUT2D eigenvalue weighted by Crippen LogP contribution is 2.33. The van der Waals surface area contributed by atoms with Crippen molar-refractivity contribution < 1.29 is 21.6 Å². The van der Waals surface area contributed by atoms with Gasteiger partial charge in [0.2, 0.25) is 10.0 Å². The molecular formula is C26H28F3N3O2S. The van der Waals surface area contributed by atoms with E-state index in [1.165, 1.54) is 12.1 Å². The van der Waals surface area contributed by atoms with Crippen molar-refractivity contribution in [1.29, 1.82) is 0 Å². The largest absolute Gasteiger partial charge is 0.416 e. The van der Waals surface area contributed by atoms with Gasteiger partial charge in [-0.05, 0) is 42.8 Å². The summed E-state index contributed by atoms with van der Waals surface area (Å²) in [7, 11) is -3.71. The number of halogens is 3. The number of nitrogens with zero attached hydrogens (tertiary/aromatic N) is 2. The molecule has 186 valence electrons. The highest BCUT2D eigenvalue weighted by molar-refractivity contribution is 7.89. The average Bonchev–Trinajstić information content (AvgIpc) is 2.88. The monoisotopic (exact) mass is 503 g/mol. The maximum Gasteiger partial charge on any atom is 0.416 e. The molecule has 5 nitrogen and oxygen atoms in total. The topological polar surface area (TPSA) is 52.7 Å². The van der Waals surface area contributed by atoms with Gasteiger partial charge in [0, 0.05) is 38.4 Å². The molecule has 1 aliphatic heterocycles. The number of nitrogens with one attached hydrogen (secondary N) is 1. The lowest BCUT2D eigenvalue weighted by Gasteiger charge is -2.47. The summed E-state index contributed by atoms with van der Waals surface area (Å²) in [5, 5.41) is 0. The van der Waals surface area contributed by atoms with Crippen LogP contribution in [-0.4, -0.2) is 46.0 Å². The van der Waals surface area contributed by atoms with E-state index in [1.54, 1.807) is 36.4 Å². The number of anilines is 1. The molecule has 1 heterocycles. The second kappa shape index (κ2) is 10.0. The Labute approximate surface area is 204 Å². The molecule has 1 saturated heterocycles. The lowest BCUT2D eigenvalue weighted by atomic mass is 9.89. The Morgan fingerprint density at radius 1 is 0.800 bits per heavy atom. The highest BCUT2D eigenvalue weighted by Gasteiger charge is 2.37. The number of piperazine rings is 1. The molecule has 0 amide bonds. The number of hydrogen-bond acceptors (Lipinski definition) is 4. The van der Waals surface area contributed by atoms with Gasteiger partial charge in [-0.1, -0.05) is 54.6 Å². The summed E-state index contributed by atoms with van der Waals surface area (Å²) >= 11 is 0. The smallest absolute Gasteiger partial charge is 0.369 e. The number of benzene rings is 3. The molecule has 0 radical (unpaired) electrons. The minimum atomic E-state index is -4.39. The van der Waals surface area contributed by atoms with Gasteiger partial charge in [0.15, 0.2) is 0 Å². The molecule has 0 spiro atoms. The van der Waals surface area contributed by atoms with Crippen molar-refractivity contribution in [2.75, 3.05) is 37.6 Å². The van der Waals surface area contributed by atoms with Crippen molar-refractivity contribution in [3.63, 3.8) is 0 Å². The van der Waals surface area contributed by atoms with Gasteiger partial charge in [-0.2, -0.15) is 13.2 Å².